The van der Waals surface area contributed by atoms with Gasteiger partial charge < -0.3 is 19.7 Å². The Hall–Kier alpha value is -1.30. The fraction of sp³-hybridized carbons (Fsp3) is 0.833. The van der Waals surface area contributed by atoms with Crippen LogP contribution in [0.4, 0.5) is 4.79 Å². The van der Waals surface area contributed by atoms with Crippen LogP contribution in [0.25, 0.3) is 0 Å². The molecule has 0 aromatic rings. The predicted molar refractivity (Wildman–Crippen MR) is 62.0 cm³/mol. The van der Waals surface area contributed by atoms with Crippen molar-refractivity contribution < 1.29 is 19.1 Å². The molecular weight excluding hydrogens is 236 g/mol. The second-order valence-electron chi connectivity index (χ2n) is 5.30. The average Bonchev–Trinajstić information content (AvgIpc) is 3.00. The topological polar surface area (TPSA) is 67.9 Å². The van der Waals surface area contributed by atoms with Crippen LogP contribution in [-0.2, 0) is 14.3 Å². The largest absolute Gasteiger partial charge is 0.509 e. The highest BCUT2D eigenvalue weighted by molar-refractivity contribution is 5.82. The van der Waals surface area contributed by atoms with Gasteiger partial charge in [-0.2, -0.15) is 0 Å². The van der Waals surface area contributed by atoms with E-state index in [1.807, 2.05) is 4.90 Å². The van der Waals surface area contributed by atoms with Crippen molar-refractivity contribution in [1.29, 1.82) is 0 Å². The average molecular weight is 254 g/mol. The Labute approximate surface area is 106 Å². The van der Waals surface area contributed by atoms with Crippen LogP contribution in [0.3, 0.4) is 0 Å². The molecule has 6 heteroatoms. The smallest absolute Gasteiger partial charge is 0.430 e. The summed E-state index contributed by atoms with van der Waals surface area (Å²) in [5.74, 6) is 0.188. The molecule has 1 N–H and O–H groups in total. The van der Waals surface area contributed by atoms with Crippen molar-refractivity contribution in [1.82, 2.24) is 10.2 Å². The molecule has 0 radical (unpaired) electrons. The number of carbonyl (C=O) groups excluding carboxylic acids is 2. The molecule has 1 atom stereocenters. The lowest BCUT2D eigenvalue weighted by molar-refractivity contribution is -0.136. The van der Waals surface area contributed by atoms with Crippen LogP contribution in [0.1, 0.15) is 25.7 Å². The fourth-order valence-corrected chi connectivity index (χ4v) is 2.92. The van der Waals surface area contributed by atoms with E-state index in [9.17, 15) is 9.59 Å². The predicted octanol–water partition coefficient (Wildman–Crippen LogP) is 0.266. The summed E-state index contributed by atoms with van der Waals surface area (Å²) >= 11 is 0. The number of carbonyl (C=O) groups is 2. The molecule has 3 rings (SSSR count). The molecule has 1 spiro atoms. The van der Waals surface area contributed by atoms with Crippen molar-refractivity contribution in [3.05, 3.63) is 0 Å². The molecule has 0 aliphatic carbocycles. The minimum atomic E-state index is -0.577. The van der Waals surface area contributed by atoms with Crippen molar-refractivity contribution in [2.45, 2.75) is 37.3 Å². The number of amides is 1. The Morgan fingerprint density at radius 3 is 2.72 bits per heavy atom. The molecule has 0 unspecified atom stereocenters. The Morgan fingerprint density at radius 1 is 1.39 bits per heavy atom. The van der Waals surface area contributed by atoms with Gasteiger partial charge in [0.05, 0.1) is 6.04 Å². The number of ether oxygens (including phenoxy) is 2. The molecule has 0 saturated carbocycles. The van der Waals surface area contributed by atoms with E-state index in [0.29, 0.717) is 32.5 Å². The van der Waals surface area contributed by atoms with Crippen LogP contribution in [0.15, 0.2) is 0 Å². The fourth-order valence-electron chi connectivity index (χ4n) is 2.92. The molecule has 18 heavy (non-hydrogen) atoms. The molecule has 3 fully saturated rings. The Morgan fingerprint density at radius 2 is 2.17 bits per heavy atom. The Balaban J connectivity index is 1.56. The maximum Gasteiger partial charge on any atom is 0.509 e. The molecule has 3 saturated heterocycles. The number of hydrogen-bond acceptors (Lipinski definition) is 5. The van der Waals surface area contributed by atoms with Gasteiger partial charge in [-0.15, -0.1) is 0 Å². The number of piperidine rings is 1. The third-order valence-corrected chi connectivity index (χ3v) is 4.10. The quantitative estimate of drug-likeness (QED) is 0.680. The monoisotopic (exact) mass is 254 g/mol. The highest BCUT2D eigenvalue weighted by Crippen LogP contribution is 2.32. The summed E-state index contributed by atoms with van der Waals surface area (Å²) in [6.45, 7) is 2.55. The Kier molecular flexibility index (Phi) is 2.89. The zero-order valence-electron chi connectivity index (χ0n) is 10.3. The highest BCUT2D eigenvalue weighted by Gasteiger charge is 2.45. The molecule has 100 valence electrons. The third-order valence-electron chi connectivity index (χ3n) is 4.10. The lowest BCUT2D eigenvalue weighted by atomic mass is 9.92. The van der Waals surface area contributed by atoms with Gasteiger partial charge in [-0.05, 0) is 19.4 Å². The molecule has 3 aliphatic heterocycles. The zero-order chi connectivity index (χ0) is 12.6. The van der Waals surface area contributed by atoms with Crippen LogP contribution in [0.2, 0.25) is 0 Å². The van der Waals surface area contributed by atoms with Crippen molar-refractivity contribution >= 4 is 12.1 Å². The summed E-state index contributed by atoms with van der Waals surface area (Å²) in [5, 5.41) is 3.22. The van der Waals surface area contributed by atoms with E-state index in [1.165, 1.54) is 0 Å². The first-order valence-electron chi connectivity index (χ1n) is 6.57. The lowest BCUT2D eigenvalue weighted by Crippen LogP contribution is -2.52. The van der Waals surface area contributed by atoms with Crippen molar-refractivity contribution in [2.24, 2.45) is 0 Å². The molecule has 0 aromatic carbocycles. The summed E-state index contributed by atoms with van der Waals surface area (Å²) in [4.78, 5) is 25.1. The van der Waals surface area contributed by atoms with Gasteiger partial charge in [0.1, 0.15) is 6.61 Å². The molecule has 1 amide bonds. The normalized spacial score (nSPS) is 30.3. The molecule has 3 heterocycles. The number of hydrogen-bond donors (Lipinski definition) is 1. The van der Waals surface area contributed by atoms with Crippen LogP contribution in [0, 0.1) is 0 Å². The first-order valence-corrected chi connectivity index (χ1v) is 6.57. The number of rotatable bonds is 1. The molecule has 3 aliphatic rings. The van der Waals surface area contributed by atoms with Gasteiger partial charge in [0.15, 0.2) is 5.60 Å². The molecular formula is C12H18N2O4. The Bertz CT molecular complexity index is 357. The SMILES string of the molecule is O=C1OCC2(CCN(C(=O)[C@@H]3CCCN3)CC2)O1. The maximum atomic E-state index is 12.2. The van der Waals surface area contributed by atoms with Gasteiger partial charge in [0.25, 0.3) is 0 Å². The molecule has 0 aromatic heterocycles. The second-order valence-corrected chi connectivity index (χ2v) is 5.30. The van der Waals surface area contributed by atoms with E-state index in [4.69, 9.17) is 9.47 Å². The minimum absolute atomic E-state index is 0.0126. The van der Waals surface area contributed by atoms with E-state index in [2.05, 4.69) is 5.32 Å². The van der Waals surface area contributed by atoms with Gasteiger partial charge in [-0.3, -0.25) is 4.79 Å². The summed E-state index contributed by atoms with van der Waals surface area (Å²) < 4.78 is 10.1. The number of cyclic esters (lactones) is 1. The maximum absolute atomic E-state index is 12.2. The van der Waals surface area contributed by atoms with Crippen molar-refractivity contribution in [2.75, 3.05) is 26.2 Å². The summed E-state index contributed by atoms with van der Waals surface area (Å²) in [6.07, 6.45) is 2.78. The molecule has 0 bridgehead atoms. The first kappa shape index (κ1) is 11.8. The van der Waals surface area contributed by atoms with E-state index in [0.717, 1.165) is 19.4 Å². The van der Waals surface area contributed by atoms with Crippen molar-refractivity contribution in [3.8, 4) is 0 Å². The number of likely N-dealkylation sites (tertiary alicyclic amines) is 1. The van der Waals surface area contributed by atoms with Gasteiger partial charge in [0, 0.05) is 25.9 Å². The number of nitrogens with one attached hydrogen (secondary N) is 1. The van der Waals surface area contributed by atoms with E-state index in [-0.39, 0.29) is 11.9 Å². The minimum Gasteiger partial charge on any atom is -0.430 e. The van der Waals surface area contributed by atoms with Gasteiger partial charge in [-0.25, -0.2) is 4.79 Å². The van der Waals surface area contributed by atoms with Gasteiger partial charge >= 0.3 is 6.16 Å². The van der Waals surface area contributed by atoms with E-state index >= 15 is 0 Å². The zero-order valence-corrected chi connectivity index (χ0v) is 10.3. The summed E-state index contributed by atoms with van der Waals surface area (Å²) in [5.41, 5.74) is -0.475. The van der Waals surface area contributed by atoms with Crippen LogP contribution in [-0.4, -0.2) is 54.8 Å². The van der Waals surface area contributed by atoms with Crippen LogP contribution >= 0.6 is 0 Å². The summed E-state index contributed by atoms with van der Waals surface area (Å²) in [6, 6.07) is -0.0126. The van der Waals surface area contributed by atoms with Crippen LogP contribution < -0.4 is 5.32 Å². The lowest BCUT2D eigenvalue weighted by Gasteiger charge is -2.37. The second kappa shape index (κ2) is 4.42. The molecule has 6 nitrogen and oxygen atoms in total. The summed E-state index contributed by atoms with van der Waals surface area (Å²) in [7, 11) is 0. The third kappa shape index (κ3) is 2.05. The van der Waals surface area contributed by atoms with Crippen molar-refractivity contribution in [3.63, 3.8) is 0 Å². The standard InChI is InChI=1S/C12H18N2O4/c15-10(9-2-1-5-13-9)14-6-3-12(4-7-14)8-17-11(16)18-12/h9,13H,1-8H2/t9-/m0/s1. The van der Waals surface area contributed by atoms with E-state index in [1.54, 1.807) is 0 Å². The first-order chi connectivity index (χ1) is 8.69. The number of nitrogens with zero attached hydrogens (tertiary/aromatic N) is 1. The van der Waals surface area contributed by atoms with Crippen LogP contribution in [0.5, 0.6) is 0 Å². The van der Waals surface area contributed by atoms with Gasteiger partial charge in [-0.1, -0.05) is 0 Å². The highest BCUT2D eigenvalue weighted by atomic mass is 16.8. The van der Waals surface area contributed by atoms with E-state index < -0.39 is 11.8 Å². The van der Waals surface area contributed by atoms with Gasteiger partial charge in [0.2, 0.25) is 5.91 Å².